The third-order valence-corrected chi connectivity index (χ3v) is 2.46. The number of carbonyl (C=O) groups excluding carboxylic acids is 1. The summed E-state index contributed by atoms with van der Waals surface area (Å²) in [5.74, 6) is -0.513. The van der Waals surface area contributed by atoms with Crippen molar-refractivity contribution in [2.24, 2.45) is 11.7 Å². The Labute approximate surface area is 99.2 Å². The molecule has 1 unspecified atom stereocenters. The molecule has 0 aliphatic heterocycles. The van der Waals surface area contributed by atoms with Gasteiger partial charge in [-0.05, 0) is 6.42 Å². The maximum atomic E-state index is 11.6. The molecule has 6 nitrogen and oxygen atoms in total. The van der Waals surface area contributed by atoms with Gasteiger partial charge in [0, 0.05) is 12.7 Å². The van der Waals surface area contributed by atoms with Gasteiger partial charge >= 0.3 is 0 Å². The van der Waals surface area contributed by atoms with Gasteiger partial charge in [0.1, 0.15) is 0 Å². The minimum Gasteiger partial charge on any atom is -0.393 e. The lowest BCUT2D eigenvalue weighted by Crippen LogP contribution is -2.38. The molecular formula is C9H15N5OS. The fraction of sp³-hybridized carbons (Fsp3) is 0.556. The van der Waals surface area contributed by atoms with Crippen LogP contribution in [0.25, 0.3) is 0 Å². The van der Waals surface area contributed by atoms with E-state index < -0.39 is 0 Å². The molecule has 1 rings (SSSR count). The van der Waals surface area contributed by atoms with Gasteiger partial charge in [0.15, 0.2) is 0 Å². The number of thiocarbonyl (C=S) groups is 1. The molecule has 16 heavy (non-hydrogen) atoms. The molecule has 1 amide bonds. The second kappa shape index (κ2) is 6.16. The lowest BCUT2D eigenvalue weighted by molar-refractivity contribution is -0.123. The highest BCUT2D eigenvalue weighted by Gasteiger charge is 2.18. The van der Waals surface area contributed by atoms with E-state index in [1.54, 1.807) is 17.1 Å². The van der Waals surface area contributed by atoms with Gasteiger partial charge in [-0.1, -0.05) is 24.4 Å². The number of nitrogens with zero attached hydrogens (tertiary/aromatic N) is 3. The van der Waals surface area contributed by atoms with Crippen molar-refractivity contribution in [1.29, 1.82) is 0 Å². The van der Waals surface area contributed by atoms with Crippen molar-refractivity contribution >= 4 is 23.1 Å². The van der Waals surface area contributed by atoms with Crippen LogP contribution in [0.2, 0.25) is 0 Å². The van der Waals surface area contributed by atoms with Gasteiger partial charge in [0.25, 0.3) is 0 Å². The summed E-state index contributed by atoms with van der Waals surface area (Å²) < 4.78 is 1.64. The number of carbonyl (C=O) groups is 1. The molecule has 1 atom stereocenters. The van der Waals surface area contributed by atoms with E-state index in [1.807, 2.05) is 6.92 Å². The monoisotopic (exact) mass is 241 g/mol. The van der Waals surface area contributed by atoms with E-state index in [1.165, 1.54) is 0 Å². The quantitative estimate of drug-likeness (QED) is 0.668. The lowest BCUT2D eigenvalue weighted by atomic mass is 10.1. The fourth-order valence-electron chi connectivity index (χ4n) is 1.28. The van der Waals surface area contributed by atoms with Crippen molar-refractivity contribution in [3.63, 3.8) is 0 Å². The maximum Gasteiger partial charge on any atom is 0.229 e. The maximum absolute atomic E-state index is 11.6. The molecule has 0 spiro atoms. The zero-order valence-corrected chi connectivity index (χ0v) is 9.91. The first-order valence-electron chi connectivity index (χ1n) is 5.06. The second-order valence-corrected chi connectivity index (χ2v) is 3.79. The molecule has 0 aliphatic rings. The van der Waals surface area contributed by atoms with E-state index in [0.29, 0.717) is 19.5 Å². The molecule has 0 radical (unpaired) electrons. The van der Waals surface area contributed by atoms with Gasteiger partial charge < -0.3 is 11.1 Å². The summed E-state index contributed by atoms with van der Waals surface area (Å²) >= 11 is 4.81. The van der Waals surface area contributed by atoms with Crippen LogP contribution in [-0.4, -0.2) is 32.4 Å². The standard InChI is InChI=1S/C9H15N5OS/c1-2-7(8(10)16)9(15)11-3-5-14-6-4-12-13-14/h4,6-7H,2-3,5H2,1H3,(H2,10,16)(H,11,15). The van der Waals surface area contributed by atoms with E-state index in [4.69, 9.17) is 18.0 Å². The zero-order chi connectivity index (χ0) is 12.0. The number of hydrogen-bond donors (Lipinski definition) is 2. The first-order valence-corrected chi connectivity index (χ1v) is 5.47. The zero-order valence-electron chi connectivity index (χ0n) is 9.09. The molecular weight excluding hydrogens is 226 g/mol. The summed E-state index contributed by atoms with van der Waals surface area (Å²) in [6.45, 7) is 2.95. The van der Waals surface area contributed by atoms with Crippen LogP contribution < -0.4 is 11.1 Å². The van der Waals surface area contributed by atoms with Crippen LogP contribution in [0.15, 0.2) is 12.4 Å². The smallest absolute Gasteiger partial charge is 0.229 e. The Morgan fingerprint density at radius 3 is 2.94 bits per heavy atom. The number of aromatic nitrogens is 3. The third kappa shape index (κ3) is 3.58. The summed E-state index contributed by atoms with van der Waals surface area (Å²) in [4.78, 5) is 11.9. The van der Waals surface area contributed by atoms with Crippen LogP contribution in [0, 0.1) is 5.92 Å². The van der Waals surface area contributed by atoms with Gasteiger partial charge in [0.05, 0.1) is 23.6 Å². The number of rotatable bonds is 6. The van der Waals surface area contributed by atoms with E-state index in [0.717, 1.165) is 0 Å². The fourth-order valence-corrected chi connectivity index (χ4v) is 1.56. The highest BCUT2D eigenvalue weighted by atomic mass is 32.1. The highest BCUT2D eigenvalue weighted by molar-refractivity contribution is 7.80. The van der Waals surface area contributed by atoms with Gasteiger partial charge in [-0.3, -0.25) is 9.48 Å². The number of hydrogen-bond acceptors (Lipinski definition) is 4. The van der Waals surface area contributed by atoms with E-state index >= 15 is 0 Å². The van der Waals surface area contributed by atoms with Crippen LogP contribution in [0.5, 0.6) is 0 Å². The van der Waals surface area contributed by atoms with Gasteiger partial charge in [-0.25, -0.2) is 0 Å². The predicted molar refractivity (Wildman–Crippen MR) is 63.6 cm³/mol. The Kier molecular flexibility index (Phi) is 4.84. The summed E-state index contributed by atoms with van der Waals surface area (Å²) in [7, 11) is 0. The molecule has 0 aliphatic carbocycles. The Bertz CT molecular complexity index is 351. The van der Waals surface area contributed by atoms with Crippen molar-refractivity contribution in [1.82, 2.24) is 20.3 Å². The van der Waals surface area contributed by atoms with Crippen molar-refractivity contribution in [3.05, 3.63) is 12.4 Å². The molecule has 1 aromatic rings. The molecule has 1 aromatic heterocycles. The van der Waals surface area contributed by atoms with E-state index in [-0.39, 0.29) is 16.8 Å². The normalized spacial score (nSPS) is 12.1. The molecule has 0 bridgehead atoms. The predicted octanol–water partition coefficient (Wildman–Crippen LogP) is -0.293. The second-order valence-electron chi connectivity index (χ2n) is 3.32. The van der Waals surface area contributed by atoms with Crippen LogP contribution in [0.3, 0.4) is 0 Å². The molecule has 88 valence electrons. The highest BCUT2D eigenvalue weighted by Crippen LogP contribution is 2.02. The number of nitrogens with two attached hydrogens (primary N) is 1. The van der Waals surface area contributed by atoms with Gasteiger partial charge in [-0.15, -0.1) is 5.10 Å². The van der Waals surface area contributed by atoms with Crippen LogP contribution >= 0.6 is 12.2 Å². The topological polar surface area (TPSA) is 85.8 Å². The van der Waals surface area contributed by atoms with Crippen molar-refractivity contribution < 1.29 is 4.79 Å². The van der Waals surface area contributed by atoms with Crippen LogP contribution in [-0.2, 0) is 11.3 Å². The lowest BCUT2D eigenvalue weighted by Gasteiger charge is -2.13. The van der Waals surface area contributed by atoms with Crippen molar-refractivity contribution in [2.75, 3.05) is 6.54 Å². The van der Waals surface area contributed by atoms with Gasteiger partial charge in [-0.2, -0.15) is 0 Å². The summed E-state index contributed by atoms with van der Waals surface area (Å²) in [5, 5.41) is 10.2. The Hall–Kier alpha value is -1.50. The van der Waals surface area contributed by atoms with Crippen LogP contribution in [0.4, 0.5) is 0 Å². The minimum atomic E-state index is -0.384. The summed E-state index contributed by atoms with van der Waals surface area (Å²) in [5.41, 5.74) is 5.46. The molecule has 1 heterocycles. The molecule has 0 saturated heterocycles. The average Bonchev–Trinajstić information content (AvgIpc) is 2.71. The number of amides is 1. The number of nitrogens with one attached hydrogen (secondary N) is 1. The van der Waals surface area contributed by atoms with E-state index in [2.05, 4.69) is 15.6 Å². The van der Waals surface area contributed by atoms with Crippen molar-refractivity contribution in [3.8, 4) is 0 Å². The Morgan fingerprint density at radius 1 is 1.69 bits per heavy atom. The SMILES string of the molecule is CCC(C(=O)NCCn1ccnn1)C(N)=S. The molecule has 3 N–H and O–H groups in total. The molecule has 7 heteroatoms. The third-order valence-electron chi connectivity index (χ3n) is 2.18. The summed E-state index contributed by atoms with van der Waals surface area (Å²) in [6, 6.07) is 0. The van der Waals surface area contributed by atoms with Crippen molar-refractivity contribution in [2.45, 2.75) is 19.9 Å². The van der Waals surface area contributed by atoms with Crippen LogP contribution in [0.1, 0.15) is 13.3 Å². The first kappa shape index (κ1) is 12.6. The minimum absolute atomic E-state index is 0.130. The molecule has 0 aromatic carbocycles. The average molecular weight is 241 g/mol. The largest absolute Gasteiger partial charge is 0.393 e. The van der Waals surface area contributed by atoms with E-state index in [9.17, 15) is 4.79 Å². The summed E-state index contributed by atoms with van der Waals surface area (Å²) in [6.07, 6.45) is 3.94. The van der Waals surface area contributed by atoms with Gasteiger partial charge in [0.2, 0.25) is 5.91 Å². The Morgan fingerprint density at radius 2 is 2.44 bits per heavy atom. The Balaban J connectivity index is 2.32. The first-order chi connectivity index (χ1) is 7.65. The molecule has 0 saturated carbocycles. The molecule has 0 fully saturated rings.